The molecule has 0 spiro atoms. The van der Waals surface area contributed by atoms with E-state index in [0.717, 1.165) is 13.0 Å². The summed E-state index contributed by atoms with van der Waals surface area (Å²) in [6.45, 7) is 6.01. The number of nitrogens with one attached hydrogen (secondary N) is 3. The third-order valence-electron chi connectivity index (χ3n) is 6.48. The molecule has 1 aliphatic heterocycles. The monoisotopic (exact) mass is 534 g/mol. The predicted molar refractivity (Wildman–Crippen MR) is 145 cm³/mol. The van der Waals surface area contributed by atoms with E-state index in [1.165, 1.54) is 4.57 Å². The number of hydrogen-bond donors (Lipinski definition) is 4. The maximum atomic E-state index is 13.4. The minimum absolute atomic E-state index is 0.0863. The second kappa shape index (κ2) is 11.7. The number of rotatable bonds is 8. The fraction of sp³-hybridized carbons (Fsp3) is 0.379. The molecule has 206 valence electrons. The largest absolute Gasteiger partial charge is 0.480 e. The van der Waals surface area contributed by atoms with Crippen LogP contribution in [0.25, 0.3) is 10.9 Å². The van der Waals surface area contributed by atoms with Crippen LogP contribution in [-0.2, 0) is 25.5 Å². The Morgan fingerprint density at radius 3 is 2.38 bits per heavy atom. The van der Waals surface area contributed by atoms with Gasteiger partial charge in [-0.05, 0) is 57.4 Å². The van der Waals surface area contributed by atoms with Gasteiger partial charge in [0.2, 0.25) is 11.8 Å². The van der Waals surface area contributed by atoms with Crippen molar-refractivity contribution < 1.29 is 29.0 Å². The molecule has 1 fully saturated rings. The van der Waals surface area contributed by atoms with Crippen molar-refractivity contribution in [1.82, 2.24) is 20.5 Å². The summed E-state index contributed by atoms with van der Waals surface area (Å²) < 4.78 is 6.86. The number of carbonyl (C=O) groups is 4. The Bertz CT molecular complexity index is 1360. The van der Waals surface area contributed by atoms with Gasteiger partial charge < -0.3 is 25.8 Å². The summed E-state index contributed by atoms with van der Waals surface area (Å²) in [6, 6.07) is 13.0. The van der Waals surface area contributed by atoms with E-state index in [-0.39, 0.29) is 12.3 Å². The number of nitrogens with zero attached hydrogens (tertiary/aromatic N) is 1. The molecule has 10 nitrogen and oxygen atoms in total. The first-order valence-corrected chi connectivity index (χ1v) is 13.0. The molecular formula is C29H34N4O6. The molecule has 0 aliphatic carbocycles. The molecule has 1 saturated heterocycles. The lowest BCUT2D eigenvalue weighted by molar-refractivity contribution is -0.142. The number of carboxylic acid groups (broad SMARTS) is 1. The lowest BCUT2D eigenvalue weighted by Gasteiger charge is -2.23. The summed E-state index contributed by atoms with van der Waals surface area (Å²) in [4.78, 5) is 51.4. The van der Waals surface area contributed by atoms with Crippen LogP contribution in [0.3, 0.4) is 0 Å². The van der Waals surface area contributed by atoms with Gasteiger partial charge >= 0.3 is 12.1 Å². The highest BCUT2D eigenvalue weighted by molar-refractivity contribution is 5.94. The summed E-state index contributed by atoms with van der Waals surface area (Å²) >= 11 is 0. The van der Waals surface area contributed by atoms with Crippen molar-refractivity contribution in [2.75, 3.05) is 6.54 Å². The van der Waals surface area contributed by atoms with Crippen molar-refractivity contribution in [1.29, 1.82) is 0 Å². The Morgan fingerprint density at radius 2 is 1.74 bits per heavy atom. The number of hydrogen-bond acceptors (Lipinski definition) is 6. The van der Waals surface area contributed by atoms with Crippen molar-refractivity contribution in [2.45, 2.75) is 63.8 Å². The van der Waals surface area contributed by atoms with Crippen LogP contribution in [0.4, 0.5) is 4.79 Å². The Balaban J connectivity index is 1.58. The molecule has 39 heavy (non-hydrogen) atoms. The van der Waals surface area contributed by atoms with E-state index < -0.39 is 41.7 Å². The van der Waals surface area contributed by atoms with Gasteiger partial charge in [-0.25, -0.2) is 9.59 Å². The Labute approximate surface area is 226 Å². The normalized spacial score (nSPS) is 16.8. The average molecular weight is 535 g/mol. The van der Waals surface area contributed by atoms with Gasteiger partial charge in [-0.15, -0.1) is 0 Å². The Kier molecular flexibility index (Phi) is 8.35. The van der Waals surface area contributed by atoms with Crippen LogP contribution in [0, 0.1) is 0 Å². The molecule has 4 rings (SSSR count). The summed E-state index contributed by atoms with van der Waals surface area (Å²) in [6.07, 6.45) is 2.39. The van der Waals surface area contributed by atoms with E-state index in [0.29, 0.717) is 28.5 Å². The van der Waals surface area contributed by atoms with Crippen LogP contribution in [0.15, 0.2) is 60.8 Å². The highest BCUT2D eigenvalue weighted by Crippen LogP contribution is 2.24. The first kappa shape index (κ1) is 27.8. The lowest BCUT2D eigenvalue weighted by Crippen LogP contribution is -2.50. The minimum Gasteiger partial charge on any atom is -0.480 e. The number of carbonyl (C=O) groups excluding carboxylic acids is 3. The highest BCUT2D eigenvalue weighted by Gasteiger charge is 2.31. The van der Waals surface area contributed by atoms with Gasteiger partial charge in [0, 0.05) is 18.0 Å². The molecule has 2 amide bonds. The zero-order valence-corrected chi connectivity index (χ0v) is 22.3. The molecule has 3 aromatic rings. The van der Waals surface area contributed by atoms with Crippen molar-refractivity contribution in [3.8, 4) is 0 Å². The van der Waals surface area contributed by atoms with Crippen molar-refractivity contribution in [2.24, 2.45) is 0 Å². The Hall–Kier alpha value is -4.18. The maximum absolute atomic E-state index is 13.4. The van der Waals surface area contributed by atoms with Crippen LogP contribution in [0.5, 0.6) is 0 Å². The van der Waals surface area contributed by atoms with Crippen LogP contribution in [0.1, 0.15) is 50.8 Å². The third kappa shape index (κ3) is 6.83. The molecule has 2 aromatic carbocycles. The summed E-state index contributed by atoms with van der Waals surface area (Å²) in [5.74, 6) is -2.20. The number of benzene rings is 2. The zero-order valence-electron chi connectivity index (χ0n) is 22.3. The molecule has 0 unspecified atom stereocenters. The van der Waals surface area contributed by atoms with Crippen LogP contribution in [-0.4, -0.2) is 57.8 Å². The average Bonchev–Trinajstić information content (AvgIpc) is 3.55. The fourth-order valence-electron chi connectivity index (χ4n) is 4.65. The number of aliphatic carboxylic acids is 1. The first-order chi connectivity index (χ1) is 18.5. The number of aromatic nitrogens is 1. The lowest BCUT2D eigenvalue weighted by atomic mass is 10.0. The second-order valence-electron chi connectivity index (χ2n) is 10.6. The molecule has 1 aliphatic rings. The molecule has 0 saturated carbocycles. The van der Waals surface area contributed by atoms with Gasteiger partial charge in [-0.3, -0.25) is 14.2 Å². The summed E-state index contributed by atoms with van der Waals surface area (Å²) in [5, 5.41) is 19.2. The zero-order chi connectivity index (χ0) is 28.2. The predicted octanol–water partition coefficient (Wildman–Crippen LogP) is 3.15. The minimum atomic E-state index is -1.32. The third-order valence-corrected chi connectivity index (χ3v) is 6.48. The second-order valence-corrected chi connectivity index (χ2v) is 10.6. The molecule has 0 radical (unpaired) electrons. The number of para-hydroxylation sites is 1. The molecule has 4 N–H and O–H groups in total. The van der Waals surface area contributed by atoms with Gasteiger partial charge in [-0.2, -0.15) is 0 Å². The molecule has 0 bridgehead atoms. The topological polar surface area (TPSA) is 139 Å². The van der Waals surface area contributed by atoms with Crippen molar-refractivity contribution in [3.05, 3.63) is 71.9 Å². The summed E-state index contributed by atoms with van der Waals surface area (Å²) in [7, 11) is 0. The standard InChI is InChI=1S/C29H34N4O6/c1-29(2,3)39-28(38)33-17-19(20-12-7-8-14-23(20)33)16-22(27(36)37)31-26(35)24(18-10-5-4-6-11-18)32-25(34)21-13-9-15-30-21/h4-8,10-12,14,17,21-22,24,30H,9,13,15-16H2,1-3H3,(H,31,35)(H,32,34)(H,36,37)/t21-,22+,24-/m0/s1. The van der Waals surface area contributed by atoms with E-state index in [4.69, 9.17) is 4.74 Å². The Morgan fingerprint density at radius 1 is 1.05 bits per heavy atom. The molecule has 2 heterocycles. The SMILES string of the molecule is CC(C)(C)OC(=O)n1cc(C[C@@H](NC(=O)[C@@H](NC(=O)[C@@H]2CCCN2)c2ccccc2)C(=O)O)c2ccccc21. The van der Waals surface area contributed by atoms with Gasteiger partial charge in [0.05, 0.1) is 11.6 Å². The van der Waals surface area contributed by atoms with Crippen LogP contribution >= 0.6 is 0 Å². The maximum Gasteiger partial charge on any atom is 0.419 e. The van der Waals surface area contributed by atoms with Gasteiger partial charge in [0.1, 0.15) is 17.7 Å². The highest BCUT2D eigenvalue weighted by atomic mass is 16.6. The van der Waals surface area contributed by atoms with Gasteiger partial charge in [-0.1, -0.05) is 48.5 Å². The van der Waals surface area contributed by atoms with Crippen LogP contribution in [0.2, 0.25) is 0 Å². The van der Waals surface area contributed by atoms with Crippen molar-refractivity contribution in [3.63, 3.8) is 0 Å². The van der Waals surface area contributed by atoms with E-state index in [1.54, 1.807) is 81.6 Å². The van der Waals surface area contributed by atoms with E-state index in [1.807, 2.05) is 0 Å². The van der Waals surface area contributed by atoms with E-state index in [9.17, 15) is 24.3 Å². The molecule has 1 aromatic heterocycles. The molecule has 3 atom stereocenters. The molecule has 10 heteroatoms. The van der Waals surface area contributed by atoms with E-state index >= 15 is 0 Å². The number of amides is 2. The van der Waals surface area contributed by atoms with Gasteiger partial charge in [0.15, 0.2) is 0 Å². The number of carboxylic acids is 1. The van der Waals surface area contributed by atoms with E-state index in [2.05, 4.69) is 16.0 Å². The number of fused-ring (bicyclic) bond motifs is 1. The number of ether oxygens (including phenoxy) is 1. The van der Waals surface area contributed by atoms with Crippen molar-refractivity contribution >= 4 is 34.8 Å². The quantitative estimate of drug-likeness (QED) is 0.348. The summed E-state index contributed by atoms with van der Waals surface area (Å²) in [5.41, 5.74) is 0.938. The molecular weight excluding hydrogens is 500 g/mol. The smallest absolute Gasteiger partial charge is 0.419 e. The first-order valence-electron chi connectivity index (χ1n) is 13.0. The van der Waals surface area contributed by atoms with Crippen LogP contribution < -0.4 is 16.0 Å². The fourth-order valence-corrected chi connectivity index (χ4v) is 4.65. The van der Waals surface area contributed by atoms with Gasteiger partial charge in [0.25, 0.3) is 0 Å².